The minimum Gasteiger partial charge on any atom is -0.376 e. The summed E-state index contributed by atoms with van der Waals surface area (Å²) in [5.41, 5.74) is 0.942. The summed E-state index contributed by atoms with van der Waals surface area (Å²) in [6, 6.07) is 5.86. The molecule has 3 heterocycles. The zero-order valence-corrected chi connectivity index (χ0v) is 18.0. The van der Waals surface area contributed by atoms with Gasteiger partial charge in [0.2, 0.25) is 0 Å². The fraction of sp³-hybridized carbons (Fsp3) is 0.556. The Balaban J connectivity index is 0.00000261. The predicted molar refractivity (Wildman–Crippen MR) is 115 cm³/mol. The van der Waals surface area contributed by atoms with Crippen molar-refractivity contribution in [3.8, 4) is 0 Å². The van der Waals surface area contributed by atoms with Crippen LogP contribution in [-0.4, -0.2) is 51.5 Å². The SMILES string of the molecule is CCc1nncn1CCNC(=NCc1ccccn1)NCC1CCCO1.I. The van der Waals surface area contributed by atoms with Crippen molar-refractivity contribution in [2.75, 3.05) is 19.7 Å². The summed E-state index contributed by atoms with van der Waals surface area (Å²) >= 11 is 0. The molecule has 9 heteroatoms. The average molecular weight is 485 g/mol. The molecule has 0 saturated carbocycles. The molecule has 0 aliphatic carbocycles. The third kappa shape index (κ3) is 7.06. The second kappa shape index (κ2) is 11.9. The number of hydrogen-bond donors (Lipinski definition) is 2. The number of aliphatic imine (C=N–C) groups is 1. The highest BCUT2D eigenvalue weighted by atomic mass is 127. The van der Waals surface area contributed by atoms with Gasteiger partial charge in [-0.3, -0.25) is 4.98 Å². The Kier molecular flexibility index (Phi) is 9.46. The molecule has 1 saturated heterocycles. The molecule has 0 bridgehead atoms. The van der Waals surface area contributed by atoms with E-state index in [0.717, 1.165) is 63.0 Å². The van der Waals surface area contributed by atoms with Crippen LogP contribution in [0, 0.1) is 0 Å². The minimum absolute atomic E-state index is 0. The van der Waals surface area contributed by atoms with E-state index in [9.17, 15) is 0 Å². The quantitative estimate of drug-likeness (QED) is 0.337. The van der Waals surface area contributed by atoms with Crippen LogP contribution in [0.4, 0.5) is 0 Å². The van der Waals surface area contributed by atoms with E-state index in [1.165, 1.54) is 0 Å². The lowest BCUT2D eigenvalue weighted by atomic mass is 10.2. The molecule has 0 aromatic carbocycles. The normalized spacial score (nSPS) is 16.8. The first kappa shape index (κ1) is 21.5. The Labute approximate surface area is 177 Å². The number of rotatable bonds is 8. The Bertz CT molecular complexity index is 686. The van der Waals surface area contributed by atoms with Crippen LogP contribution >= 0.6 is 24.0 Å². The van der Waals surface area contributed by atoms with Gasteiger partial charge in [0.1, 0.15) is 12.2 Å². The molecule has 0 spiro atoms. The second-order valence-electron chi connectivity index (χ2n) is 6.22. The first-order valence-electron chi connectivity index (χ1n) is 9.25. The van der Waals surface area contributed by atoms with Gasteiger partial charge < -0.3 is 19.9 Å². The van der Waals surface area contributed by atoms with Gasteiger partial charge in [0, 0.05) is 38.9 Å². The molecule has 8 nitrogen and oxygen atoms in total. The fourth-order valence-corrected chi connectivity index (χ4v) is 2.88. The molecule has 27 heavy (non-hydrogen) atoms. The molecule has 2 aromatic heterocycles. The van der Waals surface area contributed by atoms with Crippen molar-refractivity contribution in [3.63, 3.8) is 0 Å². The molecule has 1 atom stereocenters. The van der Waals surface area contributed by atoms with Crippen molar-refractivity contribution < 1.29 is 4.74 Å². The lowest BCUT2D eigenvalue weighted by Crippen LogP contribution is -2.42. The van der Waals surface area contributed by atoms with Crippen LogP contribution in [0.3, 0.4) is 0 Å². The third-order valence-electron chi connectivity index (χ3n) is 4.30. The average Bonchev–Trinajstić information content (AvgIpc) is 3.36. The van der Waals surface area contributed by atoms with Crippen LogP contribution in [0.15, 0.2) is 35.7 Å². The molecule has 1 aliphatic rings. The van der Waals surface area contributed by atoms with E-state index in [1.807, 2.05) is 18.2 Å². The van der Waals surface area contributed by atoms with E-state index in [4.69, 9.17) is 4.74 Å². The summed E-state index contributed by atoms with van der Waals surface area (Å²) in [6.07, 6.45) is 6.93. The first-order chi connectivity index (χ1) is 12.8. The number of halogens is 1. The fourth-order valence-electron chi connectivity index (χ4n) is 2.88. The molecule has 1 unspecified atom stereocenters. The van der Waals surface area contributed by atoms with E-state index < -0.39 is 0 Å². The largest absolute Gasteiger partial charge is 0.376 e. The number of nitrogens with one attached hydrogen (secondary N) is 2. The molecule has 0 radical (unpaired) electrons. The summed E-state index contributed by atoms with van der Waals surface area (Å²) in [5.74, 6) is 1.77. The number of guanidine groups is 1. The highest BCUT2D eigenvalue weighted by Gasteiger charge is 2.15. The summed E-state index contributed by atoms with van der Waals surface area (Å²) < 4.78 is 7.74. The van der Waals surface area contributed by atoms with Crippen LogP contribution in [0.1, 0.15) is 31.3 Å². The van der Waals surface area contributed by atoms with Crippen LogP contribution in [0.25, 0.3) is 0 Å². The van der Waals surface area contributed by atoms with Crippen LogP contribution in [0.5, 0.6) is 0 Å². The number of hydrogen-bond acceptors (Lipinski definition) is 5. The molecular formula is C18H28IN7O. The van der Waals surface area contributed by atoms with E-state index in [1.54, 1.807) is 12.5 Å². The number of nitrogens with zero attached hydrogens (tertiary/aromatic N) is 5. The second-order valence-corrected chi connectivity index (χ2v) is 6.22. The topological polar surface area (TPSA) is 89.3 Å². The van der Waals surface area contributed by atoms with Crippen molar-refractivity contribution in [1.82, 2.24) is 30.4 Å². The van der Waals surface area contributed by atoms with Gasteiger partial charge in [-0.15, -0.1) is 34.2 Å². The highest BCUT2D eigenvalue weighted by Crippen LogP contribution is 2.10. The number of aromatic nitrogens is 4. The summed E-state index contributed by atoms with van der Waals surface area (Å²) in [7, 11) is 0. The predicted octanol–water partition coefficient (Wildman–Crippen LogP) is 1.77. The number of aryl methyl sites for hydroxylation is 1. The van der Waals surface area contributed by atoms with Gasteiger partial charge in [0.15, 0.2) is 5.96 Å². The zero-order chi connectivity index (χ0) is 18.0. The Morgan fingerprint density at radius 1 is 1.37 bits per heavy atom. The summed E-state index contributed by atoms with van der Waals surface area (Å²) in [5, 5.41) is 14.9. The molecule has 1 fully saturated rings. The van der Waals surface area contributed by atoms with Crippen LogP contribution < -0.4 is 10.6 Å². The van der Waals surface area contributed by atoms with Crippen molar-refractivity contribution in [2.45, 2.75) is 45.4 Å². The van der Waals surface area contributed by atoms with Crippen molar-refractivity contribution in [2.24, 2.45) is 4.99 Å². The smallest absolute Gasteiger partial charge is 0.191 e. The van der Waals surface area contributed by atoms with Crippen molar-refractivity contribution >= 4 is 29.9 Å². The molecule has 2 N–H and O–H groups in total. The van der Waals surface area contributed by atoms with Gasteiger partial charge in [-0.05, 0) is 25.0 Å². The highest BCUT2D eigenvalue weighted by molar-refractivity contribution is 14.0. The molecule has 148 valence electrons. The summed E-state index contributed by atoms with van der Waals surface area (Å²) in [4.78, 5) is 8.98. The standard InChI is InChI=1S/C18H27N7O.HI/c1-2-17-24-23-14-25(17)10-9-20-18(22-13-16-7-5-11-26-16)21-12-15-6-3-4-8-19-15;/h3-4,6,8,14,16H,2,5,7,9-13H2,1H3,(H2,20,21,22);1H. The molecule has 3 rings (SSSR count). The summed E-state index contributed by atoms with van der Waals surface area (Å²) in [6.45, 7) is 5.77. The maximum atomic E-state index is 5.68. The molecular weight excluding hydrogens is 457 g/mol. The lowest BCUT2D eigenvalue weighted by Gasteiger charge is -2.16. The maximum Gasteiger partial charge on any atom is 0.191 e. The van der Waals surface area contributed by atoms with Gasteiger partial charge in [0.25, 0.3) is 0 Å². The van der Waals surface area contributed by atoms with Gasteiger partial charge in [-0.2, -0.15) is 0 Å². The first-order valence-corrected chi connectivity index (χ1v) is 9.25. The van der Waals surface area contributed by atoms with Gasteiger partial charge >= 0.3 is 0 Å². The Morgan fingerprint density at radius 2 is 2.30 bits per heavy atom. The maximum absolute atomic E-state index is 5.68. The van der Waals surface area contributed by atoms with E-state index in [-0.39, 0.29) is 30.1 Å². The number of ether oxygens (including phenoxy) is 1. The van der Waals surface area contributed by atoms with Crippen molar-refractivity contribution in [3.05, 3.63) is 42.2 Å². The Hall–Kier alpha value is -1.75. The number of pyridine rings is 1. The third-order valence-corrected chi connectivity index (χ3v) is 4.30. The van der Waals surface area contributed by atoms with E-state index >= 15 is 0 Å². The van der Waals surface area contributed by atoms with E-state index in [2.05, 4.69) is 42.3 Å². The molecule has 0 amide bonds. The van der Waals surface area contributed by atoms with Crippen molar-refractivity contribution in [1.29, 1.82) is 0 Å². The Morgan fingerprint density at radius 3 is 3.04 bits per heavy atom. The van der Waals surface area contributed by atoms with Crippen LogP contribution in [0.2, 0.25) is 0 Å². The lowest BCUT2D eigenvalue weighted by molar-refractivity contribution is 0.114. The zero-order valence-electron chi connectivity index (χ0n) is 15.7. The molecule has 2 aromatic rings. The minimum atomic E-state index is 0. The van der Waals surface area contributed by atoms with Gasteiger partial charge in [-0.1, -0.05) is 13.0 Å². The monoisotopic (exact) mass is 485 g/mol. The molecule has 1 aliphatic heterocycles. The van der Waals surface area contributed by atoms with E-state index in [0.29, 0.717) is 6.54 Å². The van der Waals surface area contributed by atoms with Gasteiger partial charge in [-0.25, -0.2) is 4.99 Å². The van der Waals surface area contributed by atoms with Crippen LogP contribution in [-0.2, 0) is 24.2 Å². The van der Waals surface area contributed by atoms with Gasteiger partial charge in [0.05, 0.1) is 18.3 Å².